The molecule has 156 valence electrons. The smallest absolute Gasteiger partial charge is 0.280 e. The number of benzene rings is 2. The van der Waals surface area contributed by atoms with E-state index in [2.05, 4.69) is 36.4 Å². The Bertz CT molecular complexity index is 1160. The maximum atomic E-state index is 13.0. The number of aromatic amines is 1. The van der Waals surface area contributed by atoms with Crippen LogP contribution in [-0.4, -0.2) is 26.5 Å². The van der Waals surface area contributed by atoms with Crippen molar-refractivity contribution in [2.24, 2.45) is 5.10 Å². The lowest BCUT2D eigenvalue weighted by Gasteiger charge is -2.19. The van der Waals surface area contributed by atoms with E-state index in [4.69, 9.17) is 0 Å². The summed E-state index contributed by atoms with van der Waals surface area (Å²) in [6, 6.07) is 13.8. The molecule has 0 unspecified atom stereocenters. The second-order valence-electron chi connectivity index (χ2n) is 8.24. The van der Waals surface area contributed by atoms with E-state index in [1.165, 1.54) is 22.4 Å². The quantitative estimate of drug-likeness (QED) is 0.456. The molecular formula is C23H26N4O3. The zero-order valence-electron chi connectivity index (χ0n) is 17.8. The molecular weight excluding hydrogens is 380 g/mol. The lowest BCUT2D eigenvalue weighted by atomic mass is 9.87. The third-order valence-electron chi connectivity index (χ3n) is 4.86. The van der Waals surface area contributed by atoms with E-state index in [9.17, 15) is 14.7 Å². The van der Waals surface area contributed by atoms with Gasteiger partial charge in [-0.15, -0.1) is 0 Å². The summed E-state index contributed by atoms with van der Waals surface area (Å²) < 4.78 is 1.47. The van der Waals surface area contributed by atoms with Crippen LogP contribution in [0.25, 0.3) is 5.69 Å². The topological polar surface area (TPSA) is 99.5 Å². The minimum Gasteiger partial charge on any atom is -0.508 e. The Morgan fingerprint density at radius 1 is 1.13 bits per heavy atom. The van der Waals surface area contributed by atoms with Gasteiger partial charge < -0.3 is 5.11 Å². The van der Waals surface area contributed by atoms with Gasteiger partial charge in [-0.3, -0.25) is 14.7 Å². The summed E-state index contributed by atoms with van der Waals surface area (Å²) in [6.45, 7) is 9.85. The maximum Gasteiger partial charge on any atom is 0.280 e. The fraction of sp³-hybridized carbons (Fsp3) is 0.261. The summed E-state index contributed by atoms with van der Waals surface area (Å²) in [5.74, 6) is -0.485. The predicted octanol–water partition coefficient (Wildman–Crippen LogP) is 3.63. The van der Waals surface area contributed by atoms with Crippen LogP contribution in [0.4, 0.5) is 0 Å². The van der Waals surface area contributed by atoms with Gasteiger partial charge in [-0.1, -0.05) is 39.0 Å². The van der Waals surface area contributed by atoms with Crippen LogP contribution in [0.3, 0.4) is 0 Å². The number of H-pyrrole nitrogens is 1. The van der Waals surface area contributed by atoms with E-state index >= 15 is 0 Å². The Hall–Kier alpha value is -3.61. The molecule has 0 aliphatic rings. The van der Waals surface area contributed by atoms with Crippen LogP contribution < -0.4 is 11.0 Å². The zero-order valence-corrected chi connectivity index (χ0v) is 17.8. The zero-order chi connectivity index (χ0) is 22.1. The molecule has 0 spiro atoms. The number of amides is 1. The molecule has 0 fully saturated rings. The van der Waals surface area contributed by atoms with Crippen molar-refractivity contribution in [3.05, 3.63) is 81.3 Å². The largest absolute Gasteiger partial charge is 0.508 e. The first-order chi connectivity index (χ1) is 14.1. The number of aromatic nitrogens is 2. The van der Waals surface area contributed by atoms with Crippen molar-refractivity contribution in [3.63, 3.8) is 0 Å². The normalized spacial score (nSPS) is 12.1. The Balaban J connectivity index is 1.87. The fourth-order valence-corrected chi connectivity index (χ4v) is 3.17. The number of carbonyl (C=O) groups excluding carboxylic acids is 1. The molecule has 3 N–H and O–H groups in total. The van der Waals surface area contributed by atoms with Crippen molar-refractivity contribution in [2.45, 2.75) is 40.0 Å². The molecule has 3 rings (SSSR count). The molecule has 0 bridgehead atoms. The van der Waals surface area contributed by atoms with Crippen molar-refractivity contribution in [1.82, 2.24) is 15.2 Å². The molecule has 0 saturated carbocycles. The number of hydrogen-bond acceptors (Lipinski definition) is 4. The van der Waals surface area contributed by atoms with Crippen LogP contribution in [0.15, 0.2) is 58.4 Å². The molecule has 7 nitrogen and oxygen atoms in total. The van der Waals surface area contributed by atoms with Crippen molar-refractivity contribution >= 4 is 11.6 Å². The number of aromatic hydroxyl groups is 1. The summed E-state index contributed by atoms with van der Waals surface area (Å²) in [4.78, 5) is 25.2. The molecule has 0 aliphatic heterocycles. The lowest BCUT2D eigenvalue weighted by Crippen LogP contribution is -2.23. The Kier molecular flexibility index (Phi) is 5.64. The number of aryl methyl sites for hydroxylation is 1. The molecule has 1 amide bonds. The second kappa shape index (κ2) is 8.02. The summed E-state index contributed by atoms with van der Waals surface area (Å²) in [6.07, 6.45) is 0. The number of nitrogens with zero attached hydrogens (tertiary/aromatic N) is 2. The number of hydrazone groups is 1. The van der Waals surface area contributed by atoms with Gasteiger partial charge in [0, 0.05) is 11.3 Å². The number of phenolic OH excluding ortho intramolecular Hbond substituents is 1. The molecule has 0 radical (unpaired) electrons. The SMILES string of the molecule is CC(=NNC(=O)c1cccc(O)c1)c1c(C)[nH]n(-c2ccc(C(C)(C)C)cc2)c1=O. The van der Waals surface area contributed by atoms with Gasteiger partial charge in [0.15, 0.2) is 0 Å². The molecule has 0 saturated heterocycles. The van der Waals surface area contributed by atoms with Gasteiger partial charge in [0.1, 0.15) is 5.75 Å². The van der Waals surface area contributed by atoms with Crippen LogP contribution >= 0.6 is 0 Å². The average molecular weight is 406 g/mol. The van der Waals surface area contributed by atoms with E-state index in [0.29, 0.717) is 17.0 Å². The van der Waals surface area contributed by atoms with Crippen molar-refractivity contribution in [1.29, 1.82) is 0 Å². The highest BCUT2D eigenvalue weighted by Gasteiger charge is 2.17. The molecule has 2 aromatic carbocycles. The van der Waals surface area contributed by atoms with Crippen molar-refractivity contribution in [3.8, 4) is 11.4 Å². The van der Waals surface area contributed by atoms with E-state index in [1.54, 1.807) is 26.0 Å². The molecule has 0 aliphatic carbocycles. The third kappa shape index (κ3) is 4.35. The molecule has 3 aromatic rings. The summed E-state index contributed by atoms with van der Waals surface area (Å²) in [5.41, 5.74) is 5.80. The van der Waals surface area contributed by atoms with Crippen LogP contribution in [0.2, 0.25) is 0 Å². The van der Waals surface area contributed by atoms with Gasteiger partial charge in [0.25, 0.3) is 11.5 Å². The first-order valence-electron chi connectivity index (χ1n) is 9.64. The molecule has 1 aromatic heterocycles. The summed E-state index contributed by atoms with van der Waals surface area (Å²) in [7, 11) is 0. The summed E-state index contributed by atoms with van der Waals surface area (Å²) >= 11 is 0. The number of rotatable bonds is 4. The van der Waals surface area contributed by atoms with E-state index in [-0.39, 0.29) is 22.3 Å². The maximum absolute atomic E-state index is 13.0. The second-order valence-corrected chi connectivity index (χ2v) is 8.24. The van der Waals surface area contributed by atoms with Gasteiger partial charge in [0.2, 0.25) is 0 Å². The van der Waals surface area contributed by atoms with Crippen molar-refractivity contribution < 1.29 is 9.90 Å². The predicted molar refractivity (Wildman–Crippen MR) is 118 cm³/mol. The number of hydrogen-bond donors (Lipinski definition) is 3. The summed E-state index contributed by atoms with van der Waals surface area (Å²) in [5, 5.41) is 16.6. The Morgan fingerprint density at radius 3 is 2.40 bits per heavy atom. The minimum atomic E-state index is -0.475. The molecule has 0 atom stereocenters. The highest BCUT2D eigenvalue weighted by Crippen LogP contribution is 2.23. The number of carbonyl (C=O) groups is 1. The first-order valence-corrected chi connectivity index (χ1v) is 9.64. The van der Waals surface area contributed by atoms with Crippen LogP contribution in [0.1, 0.15) is 54.9 Å². The van der Waals surface area contributed by atoms with E-state index in [0.717, 1.165) is 5.69 Å². The Morgan fingerprint density at radius 2 is 1.80 bits per heavy atom. The fourth-order valence-electron chi connectivity index (χ4n) is 3.17. The van der Waals surface area contributed by atoms with Crippen LogP contribution in [-0.2, 0) is 5.41 Å². The van der Waals surface area contributed by atoms with Crippen LogP contribution in [0.5, 0.6) is 5.75 Å². The lowest BCUT2D eigenvalue weighted by molar-refractivity contribution is 0.0954. The Labute approximate surface area is 175 Å². The van der Waals surface area contributed by atoms with Gasteiger partial charge in [-0.2, -0.15) is 5.10 Å². The van der Waals surface area contributed by atoms with Gasteiger partial charge in [0.05, 0.1) is 17.0 Å². The average Bonchev–Trinajstić information content (AvgIpc) is 2.99. The van der Waals surface area contributed by atoms with Crippen LogP contribution in [0, 0.1) is 6.92 Å². The van der Waals surface area contributed by atoms with Gasteiger partial charge >= 0.3 is 0 Å². The minimum absolute atomic E-state index is 0.00908. The monoisotopic (exact) mass is 406 g/mol. The van der Waals surface area contributed by atoms with Crippen molar-refractivity contribution in [2.75, 3.05) is 0 Å². The third-order valence-corrected chi connectivity index (χ3v) is 4.86. The van der Waals surface area contributed by atoms with E-state index < -0.39 is 5.91 Å². The standard InChI is InChI=1S/C23H26N4O3/c1-14(24-25-21(29)16-7-6-8-19(28)13-16)20-15(2)26-27(22(20)30)18-11-9-17(10-12-18)23(3,4)5/h6-13,26,28H,1-5H3,(H,25,29). The first kappa shape index (κ1) is 21.1. The van der Waals surface area contributed by atoms with Gasteiger partial charge in [-0.05, 0) is 55.2 Å². The highest BCUT2D eigenvalue weighted by molar-refractivity contribution is 6.01. The van der Waals surface area contributed by atoms with E-state index in [1.807, 2.05) is 24.3 Å². The molecule has 30 heavy (non-hydrogen) atoms. The van der Waals surface area contributed by atoms with Gasteiger partial charge in [-0.25, -0.2) is 10.1 Å². The number of phenols is 1. The molecule has 7 heteroatoms. The highest BCUT2D eigenvalue weighted by atomic mass is 16.3. The number of nitrogens with one attached hydrogen (secondary N) is 2. The molecule has 1 heterocycles.